The van der Waals surface area contributed by atoms with Gasteiger partial charge in [0.25, 0.3) is 0 Å². The van der Waals surface area contributed by atoms with E-state index in [1.54, 1.807) is 0 Å². The Bertz CT molecular complexity index is 837. The Morgan fingerprint density at radius 3 is 1.29 bits per heavy atom. The van der Waals surface area contributed by atoms with Crippen molar-refractivity contribution in [1.82, 2.24) is 0 Å². The normalized spacial score (nSPS) is 33.9. The summed E-state index contributed by atoms with van der Waals surface area (Å²) in [7, 11) is 0. The lowest BCUT2D eigenvalue weighted by molar-refractivity contribution is -0.172. The third-order valence-electron chi connectivity index (χ3n) is 6.26. The van der Waals surface area contributed by atoms with E-state index in [2.05, 4.69) is 10.6 Å². The van der Waals surface area contributed by atoms with Gasteiger partial charge in [0.1, 0.15) is 36.9 Å². The van der Waals surface area contributed by atoms with Crippen molar-refractivity contribution in [3.63, 3.8) is 0 Å². The molecule has 0 radical (unpaired) electrons. The van der Waals surface area contributed by atoms with Gasteiger partial charge in [-0.1, -0.05) is 24.3 Å². The molecule has 4 rings (SSSR count). The summed E-state index contributed by atoms with van der Waals surface area (Å²) in [5.74, 6) is 0. The second-order valence-electron chi connectivity index (χ2n) is 8.72. The number of hydrogen-bond donors (Lipinski definition) is 8. The predicted molar refractivity (Wildman–Crippen MR) is 124 cm³/mol. The van der Waals surface area contributed by atoms with Gasteiger partial charge in [0, 0.05) is 24.2 Å². The number of anilines is 2. The van der Waals surface area contributed by atoms with Gasteiger partial charge in [-0.3, -0.25) is 0 Å². The highest BCUT2D eigenvalue weighted by molar-refractivity contribution is 5.68. The fourth-order valence-corrected chi connectivity index (χ4v) is 4.28. The molecule has 0 amide bonds. The number of benzene rings is 2. The first kappa shape index (κ1) is 24.8. The molecule has 10 heteroatoms. The minimum atomic E-state index is -1.11. The van der Waals surface area contributed by atoms with Crippen LogP contribution in [0.2, 0.25) is 0 Å². The van der Waals surface area contributed by atoms with Crippen molar-refractivity contribution >= 4 is 11.4 Å². The average Bonchev–Trinajstić information content (AvgIpc) is 2.84. The molecule has 2 aliphatic rings. The van der Waals surface area contributed by atoms with Crippen LogP contribution in [0.1, 0.15) is 12.8 Å². The molecule has 34 heavy (non-hydrogen) atoms. The van der Waals surface area contributed by atoms with E-state index in [9.17, 15) is 30.6 Å². The third kappa shape index (κ3) is 5.68. The standard InChI is InChI=1S/C24H32N2O8/c27-11-19-23(31)17(29)9-21(33-19)25-15-5-1-13(2-6-15)14-3-7-16(8-4-14)26-22-10-18(30)24(32)20(12-28)34-22/h1-8,17-32H,9-12H2. The molecule has 2 heterocycles. The fourth-order valence-electron chi connectivity index (χ4n) is 4.28. The Hall–Kier alpha value is -2.28. The van der Waals surface area contributed by atoms with Crippen molar-refractivity contribution in [2.45, 2.75) is 61.9 Å². The van der Waals surface area contributed by atoms with Crippen molar-refractivity contribution < 1.29 is 40.1 Å². The zero-order valence-corrected chi connectivity index (χ0v) is 18.6. The monoisotopic (exact) mass is 476 g/mol. The zero-order chi connectivity index (χ0) is 24.2. The van der Waals surface area contributed by atoms with Crippen molar-refractivity contribution in [2.75, 3.05) is 23.8 Å². The molecule has 186 valence electrons. The van der Waals surface area contributed by atoms with Crippen LogP contribution < -0.4 is 10.6 Å². The van der Waals surface area contributed by atoms with E-state index in [0.29, 0.717) is 0 Å². The molecule has 2 saturated heterocycles. The number of aliphatic hydroxyl groups is 6. The van der Waals surface area contributed by atoms with Gasteiger partial charge in [0.05, 0.1) is 25.4 Å². The van der Waals surface area contributed by atoms with Gasteiger partial charge in [0.2, 0.25) is 0 Å². The van der Waals surface area contributed by atoms with E-state index in [1.165, 1.54) is 0 Å². The molecule has 0 aliphatic carbocycles. The van der Waals surface area contributed by atoms with Crippen LogP contribution in [0, 0.1) is 0 Å². The number of rotatable bonds is 7. The fraction of sp³-hybridized carbons (Fsp3) is 0.500. The van der Waals surface area contributed by atoms with Gasteiger partial charge in [-0.15, -0.1) is 0 Å². The van der Waals surface area contributed by atoms with Gasteiger partial charge >= 0.3 is 0 Å². The predicted octanol–water partition coefficient (Wildman–Crippen LogP) is -0.164. The molecule has 0 aromatic heterocycles. The van der Waals surface area contributed by atoms with Crippen molar-refractivity contribution in [2.24, 2.45) is 0 Å². The van der Waals surface area contributed by atoms with Crippen molar-refractivity contribution in [3.8, 4) is 11.1 Å². The molecule has 10 nitrogen and oxygen atoms in total. The quantitative estimate of drug-likeness (QED) is 0.269. The molecule has 2 aromatic rings. The highest BCUT2D eigenvalue weighted by atomic mass is 16.5. The molecule has 0 saturated carbocycles. The summed E-state index contributed by atoms with van der Waals surface area (Å²) in [5, 5.41) is 64.6. The Morgan fingerprint density at radius 1 is 0.618 bits per heavy atom. The van der Waals surface area contributed by atoms with Gasteiger partial charge in [0.15, 0.2) is 0 Å². The van der Waals surface area contributed by atoms with Crippen molar-refractivity contribution in [1.29, 1.82) is 0 Å². The summed E-state index contributed by atoms with van der Waals surface area (Å²) in [6.07, 6.45) is -6.50. The molecule has 2 aromatic carbocycles. The lowest BCUT2D eigenvalue weighted by Crippen LogP contribution is -2.51. The topological polar surface area (TPSA) is 164 Å². The Kier molecular flexibility index (Phi) is 8.02. The summed E-state index contributed by atoms with van der Waals surface area (Å²) in [4.78, 5) is 0. The smallest absolute Gasteiger partial charge is 0.130 e. The largest absolute Gasteiger partial charge is 0.394 e. The van der Waals surface area contributed by atoms with Gasteiger partial charge in [-0.05, 0) is 35.4 Å². The van der Waals surface area contributed by atoms with Crippen LogP contribution in [0.15, 0.2) is 48.5 Å². The molecule has 0 spiro atoms. The van der Waals surface area contributed by atoms with E-state index >= 15 is 0 Å². The number of aliphatic hydroxyl groups excluding tert-OH is 6. The van der Waals surface area contributed by atoms with E-state index in [-0.39, 0.29) is 26.1 Å². The van der Waals surface area contributed by atoms with Crippen LogP contribution in [-0.2, 0) is 9.47 Å². The number of nitrogens with one attached hydrogen (secondary N) is 2. The minimum absolute atomic E-state index is 0.202. The molecular formula is C24H32N2O8. The van der Waals surface area contributed by atoms with E-state index in [4.69, 9.17) is 9.47 Å². The molecular weight excluding hydrogens is 444 g/mol. The maximum absolute atomic E-state index is 9.97. The van der Waals surface area contributed by atoms with Crippen LogP contribution >= 0.6 is 0 Å². The summed E-state index contributed by atoms with van der Waals surface area (Å²) in [6, 6.07) is 15.3. The molecule has 8 atom stereocenters. The van der Waals surface area contributed by atoms with E-state index in [1.807, 2.05) is 48.5 Å². The molecule has 0 bridgehead atoms. The van der Waals surface area contributed by atoms with Crippen LogP contribution in [0.5, 0.6) is 0 Å². The number of ether oxygens (including phenoxy) is 2. The highest BCUT2D eigenvalue weighted by Crippen LogP contribution is 2.27. The Balaban J connectivity index is 1.34. The van der Waals surface area contributed by atoms with E-state index in [0.717, 1.165) is 22.5 Å². The lowest BCUT2D eigenvalue weighted by Gasteiger charge is -2.37. The number of hydrogen-bond acceptors (Lipinski definition) is 10. The molecule has 8 unspecified atom stereocenters. The summed E-state index contributed by atoms with van der Waals surface area (Å²) < 4.78 is 11.2. The first-order valence-electron chi connectivity index (χ1n) is 11.4. The maximum Gasteiger partial charge on any atom is 0.130 e. The zero-order valence-electron chi connectivity index (χ0n) is 18.6. The third-order valence-corrected chi connectivity index (χ3v) is 6.26. The Labute approximate surface area is 197 Å². The minimum Gasteiger partial charge on any atom is -0.394 e. The van der Waals surface area contributed by atoms with Crippen LogP contribution in [0.25, 0.3) is 11.1 Å². The van der Waals surface area contributed by atoms with Crippen LogP contribution in [0.4, 0.5) is 11.4 Å². The Morgan fingerprint density at radius 2 is 0.971 bits per heavy atom. The first-order valence-corrected chi connectivity index (χ1v) is 11.4. The van der Waals surface area contributed by atoms with Crippen LogP contribution in [0.3, 0.4) is 0 Å². The van der Waals surface area contributed by atoms with Gasteiger partial charge < -0.3 is 50.7 Å². The first-order chi connectivity index (χ1) is 16.4. The second kappa shape index (κ2) is 11.0. The van der Waals surface area contributed by atoms with E-state index < -0.39 is 49.1 Å². The van der Waals surface area contributed by atoms with Gasteiger partial charge in [-0.2, -0.15) is 0 Å². The van der Waals surface area contributed by atoms with Crippen molar-refractivity contribution in [3.05, 3.63) is 48.5 Å². The summed E-state index contributed by atoms with van der Waals surface area (Å²) >= 11 is 0. The highest BCUT2D eigenvalue weighted by Gasteiger charge is 2.37. The second-order valence-corrected chi connectivity index (χ2v) is 8.72. The molecule has 8 N–H and O–H groups in total. The van der Waals surface area contributed by atoms with Crippen LogP contribution in [-0.4, -0.2) is 92.9 Å². The molecule has 2 aliphatic heterocycles. The SMILES string of the molecule is OCC1OC(Nc2ccc(-c3ccc(NC4CC(O)C(O)C(CO)O4)cc3)cc2)CC(O)C1O. The molecule has 2 fully saturated rings. The lowest BCUT2D eigenvalue weighted by atomic mass is 10.0. The van der Waals surface area contributed by atoms with Gasteiger partial charge in [-0.25, -0.2) is 0 Å². The summed E-state index contributed by atoms with van der Waals surface area (Å²) in [5.41, 5.74) is 3.53. The maximum atomic E-state index is 9.97. The summed E-state index contributed by atoms with van der Waals surface area (Å²) in [6.45, 7) is -0.755. The average molecular weight is 477 g/mol.